The van der Waals surface area contributed by atoms with E-state index in [0.29, 0.717) is 0 Å². The third-order valence-electron chi connectivity index (χ3n) is 8.55. The van der Waals surface area contributed by atoms with Gasteiger partial charge >= 0.3 is 0 Å². The lowest BCUT2D eigenvalue weighted by Gasteiger charge is -2.25. The molecule has 0 heterocycles. The van der Waals surface area contributed by atoms with E-state index < -0.39 is 0 Å². The fraction of sp³-hybridized carbons (Fsp3) is 0.0435. The molecule has 7 rings (SSSR count). The van der Waals surface area contributed by atoms with Gasteiger partial charge in [-0.3, -0.25) is 0 Å². The van der Waals surface area contributed by atoms with Crippen LogP contribution in [0.3, 0.4) is 0 Å². The van der Waals surface area contributed by atoms with Crippen LogP contribution in [0, 0.1) is 0 Å². The van der Waals surface area contributed by atoms with Gasteiger partial charge in [0.1, 0.15) is 0 Å². The zero-order valence-corrected chi connectivity index (χ0v) is 26.9. The molecule has 0 bridgehead atoms. The Morgan fingerprint density at radius 2 is 0.562 bits per heavy atom. The van der Waals surface area contributed by atoms with Crippen molar-refractivity contribution in [1.29, 1.82) is 0 Å². The number of hydrogen-bond donors (Lipinski definition) is 0. The average Bonchev–Trinajstić information content (AvgIpc) is 3.17. The van der Waals surface area contributed by atoms with E-state index in [1.54, 1.807) is 0 Å². The number of para-hydroxylation sites is 4. The van der Waals surface area contributed by atoms with Gasteiger partial charge in [0.05, 0.1) is 0 Å². The maximum Gasteiger partial charge on any atom is 0.0462 e. The number of anilines is 6. The maximum absolute atomic E-state index is 2.29. The van der Waals surface area contributed by atoms with Crippen molar-refractivity contribution in [3.05, 3.63) is 216 Å². The standard InChI is InChI=1S/C46H38N2/c1-5-13-41(14-6-1)47(42-15-7-2-8-16-42)45-33-29-39(30-34-45)27-25-37-21-23-38(24-22-37)26-28-40-31-35-46(36-32-40)48(43-17-9-3-10-18-43)44-19-11-4-12-20-44/h1-21,23,25-36H,22,24H2/b27-25+,28-26+. The predicted octanol–water partition coefficient (Wildman–Crippen LogP) is 13.0. The van der Waals surface area contributed by atoms with Crippen molar-refractivity contribution in [2.45, 2.75) is 12.8 Å². The first-order valence-electron chi connectivity index (χ1n) is 16.6. The lowest BCUT2D eigenvalue weighted by atomic mass is 9.96. The zero-order valence-electron chi connectivity index (χ0n) is 26.9. The van der Waals surface area contributed by atoms with E-state index in [4.69, 9.17) is 0 Å². The number of benzene rings is 6. The third-order valence-corrected chi connectivity index (χ3v) is 8.55. The van der Waals surface area contributed by atoms with Crippen LogP contribution >= 0.6 is 0 Å². The Labute approximate surface area is 284 Å². The fourth-order valence-electron chi connectivity index (χ4n) is 6.03. The minimum absolute atomic E-state index is 1.03. The summed E-state index contributed by atoms with van der Waals surface area (Å²) < 4.78 is 0. The summed E-state index contributed by atoms with van der Waals surface area (Å²) in [6, 6.07) is 59.7. The van der Waals surface area contributed by atoms with Gasteiger partial charge in [0.2, 0.25) is 0 Å². The van der Waals surface area contributed by atoms with Gasteiger partial charge in [0.15, 0.2) is 0 Å². The van der Waals surface area contributed by atoms with Crippen LogP contribution in [0.25, 0.3) is 12.2 Å². The second kappa shape index (κ2) is 15.0. The molecule has 1 aliphatic carbocycles. The number of allylic oxidation sites excluding steroid dienone is 6. The molecule has 232 valence electrons. The van der Waals surface area contributed by atoms with E-state index >= 15 is 0 Å². The van der Waals surface area contributed by atoms with Crippen LogP contribution in [0.4, 0.5) is 34.1 Å². The quantitative estimate of drug-likeness (QED) is 0.151. The SMILES string of the molecule is C1=C(/C=C/c2ccc(N(c3ccccc3)c3ccccc3)cc2)CCC(/C=C/c2ccc(N(c3ccccc3)c3ccccc3)cc2)=C1. The Morgan fingerprint density at radius 1 is 0.292 bits per heavy atom. The van der Waals surface area contributed by atoms with Gasteiger partial charge in [-0.2, -0.15) is 0 Å². The topological polar surface area (TPSA) is 6.48 Å². The van der Waals surface area contributed by atoms with Crippen LogP contribution in [0.5, 0.6) is 0 Å². The molecule has 0 unspecified atom stereocenters. The molecular weight excluding hydrogens is 581 g/mol. The smallest absolute Gasteiger partial charge is 0.0462 e. The van der Waals surface area contributed by atoms with Crippen LogP contribution in [0.15, 0.2) is 205 Å². The molecule has 6 aromatic rings. The van der Waals surface area contributed by atoms with Crippen LogP contribution < -0.4 is 9.80 Å². The fourth-order valence-corrected chi connectivity index (χ4v) is 6.03. The molecular formula is C46H38N2. The number of nitrogens with zero attached hydrogens (tertiary/aromatic N) is 2. The first-order chi connectivity index (χ1) is 23.8. The van der Waals surface area contributed by atoms with Gasteiger partial charge < -0.3 is 9.80 Å². The highest BCUT2D eigenvalue weighted by atomic mass is 15.1. The number of rotatable bonds is 10. The van der Waals surface area contributed by atoms with Gasteiger partial charge in [-0.15, -0.1) is 0 Å². The van der Waals surface area contributed by atoms with Gasteiger partial charge in [0.25, 0.3) is 0 Å². The molecule has 2 heteroatoms. The Hall–Kier alpha value is -6.12. The van der Waals surface area contributed by atoms with Crippen molar-refractivity contribution in [3.8, 4) is 0 Å². The van der Waals surface area contributed by atoms with Crippen molar-refractivity contribution in [3.63, 3.8) is 0 Å². The molecule has 0 amide bonds. The highest BCUT2D eigenvalue weighted by Crippen LogP contribution is 2.35. The van der Waals surface area contributed by atoms with E-state index in [9.17, 15) is 0 Å². The molecule has 1 aliphatic rings. The van der Waals surface area contributed by atoms with Gasteiger partial charge in [-0.1, -0.05) is 134 Å². The molecule has 2 nitrogen and oxygen atoms in total. The summed E-state index contributed by atoms with van der Waals surface area (Å²) in [6.07, 6.45) is 15.5. The normalized spacial score (nSPS) is 12.9. The van der Waals surface area contributed by atoms with Gasteiger partial charge in [-0.05, 0) is 108 Å². The summed E-state index contributed by atoms with van der Waals surface area (Å²) in [7, 11) is 0. The first kappa shape index (κ1) is 30.5. The Balaban J connectivity index is 1.01. The minimum atomic E-state index is 1.03. The zero-order chi connectivity index (χ0) is 32.4. The molecule has 0 spiro atoms. The molecule has 0 saturated heterocycles. The van der Waals surface area contributed by atoms with Crippen LogP contribution in [-0.2, 0) is 0 Å². The summed E-state index contributed by atoms with van der Waals surface area (Å²) in [5, 5.41) is 0. The van der Waals surface area contributed by atoms with Crippen LogP contribution in [0.2, 0.25) is 0 Å². The lowest BCUT2D eigenvalue weighted by Crippen LogP contribution is -2.09. The highest BCUT2D eigenvalue weighted by molar-refractivity contribution is 5.78. The summed E-state index contributed by atoms with van der Waals surface area (Å²) in [6.45, 7) is 0. The van der Waals surface area contributed by atoms with Crippen molar-refractivity contribution >= 4 is 46.3 Å². The number of hydrogen-bond acceptors (Lipinski definition) is 2. The van der Waals surface area contributed by atoms with E-state index in [-0.39, 0.29) is 0 Å². The van der Waals surface area contributed by atoms with Gasteiger partial charge in [0, 0.05) is 34.1 Å². The minimum Gasteiger partial charge on any atom is -0.311 e. The molecule has 0 atom stereocenters. The summed E-state index contributed by atoms with van der Waals surface area (Å²) in [5.74, 6) is 0. The lowest BCUT2D eigenvalue weighted by molar-refractivity contribution is 0.954. The molecule has 0 fully saturated rings. The third kappa shape index (κ3) is 7.46. The van der Waals surface area contributed by atoms with E-state index in [1.165, 1.54) is 22.3 Å². The molecule has 0 N–H and O–H groups in total. The van der Waals surface area contributed by atoms with Gasteiger partial charge in [-0.25, -0.2) is 0 Å². The maximum atomic E-state index is 2.29. The summed E-state index contributed by atoms with van der Waals surface area (Å²) >= 11 is 0. The summed E-state index contributed by atoms with van der Waals surface area (Å²) in [5.41, 5.74) is 11.9. The molecule has 0 saturated carbocycles. The van der Waals surface area contributed by atoms with Crippen LogP contribution in [-0.4, -0.2) is 0 Å². The van der Waals surface area contributed by atoms with Crippen molar-refractivity contribution in [2.75, 3.05) is 9.80 Å². The predicted molar refractivity (Wildman–Crippen MR) is 206 cm³/mol. The molecule has 0 radical (unpaired) electrons. The highest BCUT2D eigenvalue weighted by Gasteiger charge is 2.13. The Morgan fingerprint density at radius 3 is 0.833 bits per heavy atom. The van der Waals surface area contributed by atoms with E-state index in [1.807, 2.05) is 0 Å². The van der Waals surface area contributed by atoms with E-state index in [0.717, 1.165) is 47.0 Å². The Kier molecular flexibility index (Phi) is 9.53. The second-order valence-corrected chi connectivity index (χ2v) is 11.8. The second-order valence-electron chi connectivity index (χ2n) is 11.8. The average molecular weight is 619 g/mol. The largest absolute Gasteiger partial charge is 0.311 e. The van der Waals surface area contributed by atoms with Crippen molar-refractivity contribution < 1.29 is 0 Å². The van der Waals surface area contributed by atoms with Crippen LogP contribution in [0.1, 0.15) is 24.0 Å². The monoisotopic (exact) mass is 618 g/mol. The van der Waals surface area contributed by atoms with Crippen molar-refractivity contribution in [1.82, 2.24) is 0 Å². The summed E-state index contributed by atoms with van der Waals surface area (Å²) in [4.78, 5) is 4.57. The van der Waals surface area contributed by atoms with E-state index in [2.05, 4.69) is 216 Å². The first-order valence-corrected chi connectivity index (χ1v) is 16.6. The molecule has 0 aromatic heterocycles. The Bertz CT molecular complexity index is 1790. The molecule has 48 heavy (non-hydrogen) atoms. The molecule has 0 aliphatic heterocycles. The van der Waals surface area contributed by atoms with Crippen molar-refractivity contribution in [2.24, 2.45) is 0 Å². The molecule has 6 aromatic carbocycles.